The normalized spacial score (nSPS) is 14.8. The first-order chi connectivity index (χ1) is 15.9. The lowest BCUT2D eigenvalue weighted by Crippen LogP contribution is -2.40. The predicted molar refractivity (Wildman–Crippen MR) is 129 cm³/mol. The number of rotatable bonds is 9. The van der Waals surface area contributed by atoms with Crippen LogP contribution < -0.4 is 5.32 Å². The van der Waals surface area contributed by atoms with E-state index in [0.29, 0.717) is 37.0 Å². The van der Waals surface area contributed by atoms with Crippen molar-refractivity contribution < 1.29 is 17.9 Å². The zero-order valence-corrected chi connectivity index (χ0v) is 20.5. The highest BCUT2D eigenvalue weighted by atomic mass is 32.2. The molecule has 0 unspecified atom stereocenters. The molecule has 1 fully saturated rings. The van der Waals surface area contributed by atoms with Crippen LogP contribution in [0.5, 0.6) is 0 Å². The number of morpholine rings is 1. The first kappa shape index (κ1) is 23.8. The van der Waals surface area contributed by atoms with E-state index in [4.69, 9.17) is 4.74 Å². The summed E-state index contributed by atoms with van der Waals surface area (Å²) in [6.07, 6.45) is 0. The lowest BCUT2D eigenvalue weighted by atomic mass is 10.1. The van der Waals surface area contributed by atoms with E-state index in [9.17, 15) is 13.2 Å². The number of thioether (sulfide) groups is 1. The van der Waals surface area contributed by atoms with Crippen molar-refractivity contribution in [2.75, 3.05) is 38.2 Å². The molecule has 0 atom stereocenters. The van der Waals surface area contributed by atoms with Crippen LogP contribution in [0.4, 0.5) is 5.13 Å². The molecule has 1 aromatic heterocycles. The first-order valence-corrected chi connectivity index (χ1v) is 13.6. The lowest BCUT2D eigenvalue weighted by Gasteiger charge is -2.26. The van der Waals surface area contributed by atoms with Crippen LogP contribution in [0.3, 0.4) is 0 Å². The maximum absolute atomic E-state index is 12.9. The van der Waals surface area contributed by atoms with Crippen LogP contribution >= 0.6 is 23.1 Å². The van der Waals surface area contributed by atoms with Crippen molar-refractivity contribution in [1.82, 2.24) is 14.5 Å². The van der Waals surface area contributed by atoms with Crippen molar-refractivity contribution in [1.29, 1.82) is 0 Å². The highest BCUT2D eigenvalue weighted by Gasteiger charge is 2.26. The molecule has 174 valence electrons. The molecule has 1 aliphatic heterocycles. The number of nitrogens with one attached hydrogen (secondary N) is 1. The molecule has 0 amide bonds. The quantitative estimate of drug-likeness (QED) is 0.349. The molecule has 0 bridgehead atoms. The number of anilines is 1. The third-order valence-electron chi connectivity index (χ3n) is 5.18. The van der Waals surface area contributed by atoms with E-state index in [1.54, 1.807) is 23.9 Å². The monoisotopic (exact) mass is 504 g/mol. The van der Waals surface area contributed by atoms with Crippen molar-refractivity contribution in [3.8, 4) is 0 Å². The van der Waals surface area contributed by atoms with E-state index in [-0.39, 0.29) is 17.2 Å². The van der Waals surface area contributed by atoms with Crippen molar-refractivity contribution in [3.63, 3.8) is 0 Å². The van der Waals surface area contributed by atoms with Gasteiger partial charge in [-0.05, 0) is 30.2 Å². The average molecular weight is 505 g/mol. The highest BCUT2D eigenvalue weighted by Crippen LogP contribution is 2.29. The topological polar surface area (TPSA) is 101 Å². The van der Waals surface area contributed by atoms with Gasteiger partial charge < -0.3 is 10.1 Å². The Balaban J connectivity index is 1.35. The molecule has 0 spiro atoms. The van der Waals surface area contributed by atoms with Crippen LogP contribution in [-0.2, 0) is 20.5 Å². The molecule has 1 saturated heterocycles. The van der Waals surface area contributed by atoms with Crippen LogP contribution in [0.15, 0.2) is 57.8 Å². The minimum absolute atomic E-state index is 0.00184. The maximum Gasteiger partial charge on any atom is 0.243 e. The molecule has 0 saturated carbocycles. The zero-order valence-electron chi connectivity index (χ0n) is 18.1. The van der Waals surface area contributed by atoms with Gasteiger partial charge in [0.15, 0.2) is 10.1 Å². The molecule has 4 rings (SSSR count). The molecule has 1 aliphatic rings. The summed E-state index contributed by atoms with van der Waals surface area (Å²) in [5.41, 5.74) is 2.81. The van der Waals surface area contributed by atoms with Crippen molar-refractivity contribution in [3.05, 3.63) is 65.2 Å². The van der Waals surface area contributed by atoms with E-state index in [1.807, 2.05) is 12.1 Å². The van der Waals surface area contributed by atoms with Gasteiger partial charge >= 0.3 is 0 Å². The van der Waals surface area contributed by atoms with E-state index >= 15 is 0 Å². The standard InChI is InChI=1S/C22H24N4O4S3/c1-16-5-2-3-6-18(16)15-31-22-25-24-21(32-22)23-14-20(27)17-7-4-8-19(13-17)33(28,29)26-9-11-30-12-10-26/h2-8,13H,9-12,14-15H2,1H3,(H,23,24). The Kier molecular flexibility index (Phi) is 7.76. The highest BCUT2D eigenvalue weighted by molar-refractivity contribution is 8.00. The SMILES string of the molecule is Cc1ccccc1CSc1nnc(NCC(=O)c2cccc(S(=O)(=O)N3CCOCC3)c2)s1. The van der Waals surface area contributed by atoms with Crippen molar-refractivity contribution >= 4 is 44.0 Å². The Morgan fingerprint density at radius 2 is 1.94 bits per heavy atom. The van der Waals surface area contributed by atoms with Gasteiger partial charge in [0.2, 0.25) is 15.2 Å². The number of carbonyl (C=O) groups is 1. The van der Waals surface area contributed by atoms with Crippen molar-refractivity contribution in [2.45, 2.75) is 21.9 Å². The fraction of sp³-hybridized carbons (Fsp3) is 0.318. The Bertz CT molecular complexity index is 1220. The first-order valence-electron chi connectivity index (χ1n) is 10.4. The van der Waals surface area contributed by atoms with Gasteiger partial charge in [0.1, 0.15) is 0 Å². The number of ether oxygens (including phenoxy) is 1. The summed E-state index contributed by atoms with van der Waals surface area (Å²) in [6, 6.07) is 14.3. The van der Waals surface area contributed by atoms with Gasteiger partial charge in [0.25, 0.3) is 0 Å². The van der Waals surface area contributed by atoms with Gasteiger partial charge in [-0.1, -0.05) is 59.5 Å². The third kappa shape index (κ3) is 5.98. The van der Waals surface area contributed by atoms with Gasteiger partial charge in [0, 0.05) is 24.4 Å². The van der Waals surface area contributed by atoms with Crippen molar-refractivity contribution in [2.24, 2.45) is 0 Å². The van der Waals surface area contributed by atoms with E-state index < -0.39 is 10.0 Å². The summed E-state index contributed by atoms with van der Waals surface area (Å²) in [4.78, 5) is 12.8. The number of hydrogen-bond acceptors (Lipinski definition) is 9. The molecule has 3 aromatic rings. The molecule has 8 nitrogen and oxygen atoms in total. The number of aryl methyl sites for hydroxylation is 1. The molecular formula is C22H24N4O4S3. The molecule has 33 heavy (non-hydrogen) atoms. The molecule has 0 aliphatic carbocycles. The van der Waals surface area contributed by atoms with Crippen LogP contribution in [0, 0.1) is 6.92 Å². The second kappa shape index (κ2) is 10.7. The second-order valence-electron chi connectivity index (χ2n) is 7.41. The number of ketones is 1. The number of aromatic nitrogens is 2. The predicted octanol–water partition coefficient (Wildman–Crippen LogP) is 3.45. The number of sulfonamides is 1. The Morgan fingerprint density at radius 3 is 2.73 bits per heavy atom. The molecular weight excluding hydrogens is 480 g/mol. The fourth-order valence-electron chi connectivity index (χ4n) is 3.28. The Labute approximate surface area is 201 Å². The van der Waals surface area contributed by atoms with Crippen LogP contribution in [0.25, 0.3) is 0 Å². The van der Waals surface area contributed by atoms with Gasteiger partial charge in [0.05, 0.1) is 24.7 Å². The average Bonchev–Trinajstić information content (AvgIpc) is 3.30. The maximum atomic E-state index is 12.9. The second-order valence-corrected chi connectivity index (χ2v) is 11.5. The third-order valence-corrected chi connectivity index (χ3v) is 9.14. The molecule has 11 heteroatoms. The summed E-state index contributed by atoms with van der Waals surface area (Å²) >= 11 is 2.98. The fourth-order valence-corrected chi connectivity index (χ4v) is 6.55. The van der Waals surface area contributed by atoms with Crippen LogP contribution in [0.1, 0.15) is 21.5 Å². The summed E-state index contributed by atoms with van der Waals surface area (Å²) in [7, 11) is -3.66. The number of nitrogens with zero attached hydrogens (tertiary/aromatic N) is 3. The number of hydrogen-bond donors (Lipinski definition) is 1. The number of benzene rings is 2. The van der Waals surface area contributed by atoms with Crippen LogP contribution in [-0.4, -0.2) is 61.6 Å². The van der Waals surface area contributed by atoms with Gasteiger partial charge in [-0.25, -0.2) is 8.42 Å². The van der Waals surface area contributed by atoms with Gasteiger partial charge in [-0.2, -0.15) is 4.31 Å². The summed E-state index contributed by atoms with van der Waals surface area (Å²) in [5, 5.41) is 11.8. The molecule has 2 aromatic carbocycles. The summed E-state index contributed by atoms with van der Waals surface area (Å²) < 4.78 is 33.1. The van der Waals surface area contributed by atoms with Gasteiger partial charge in [-0.3, -0.25) is 4.79 Å². The summed E-state index contributed by atoms with van der Waals surface area (Å²) in [6.45, 7) is 3.43. The number of carbonyl (C=O) groups excluding carboxylic acids is 1. The van der Waals surface area contributed by atoms with E-state index in [1.165, 1.54) is 38.9 Å². The lowest BCUT2D eigenvalue weighted by molar-refractivity contribution is 0.0730. The zero-order chi connectivity index (χ0) is 23.3. The Morgan fingerprint density at radius 1 is 1.15 bits per heavy atom. The minimum Gasteiger partial charge on any atom is -0.379 e. The summed E-state index contributed by atoms with van der Waals surface area (Å²) in [5.74, 6) is 0.573. The van der Waals surface area contributed by atoms with Crippen LogP contribution in [0.2, 0.25) is 0 Å². The van der Waals surface area contributed by atoms with Gasteiger partial charge in [-0.15, -0.1) is 10.2 Å². The number of Topliss-reactive ketones (excluding diaryl/α,β-unsaturated/α-hetero) is 1. The molecule has 2 heterocycles. The Hall–Kier alpha value is -2.31. The molecule has 0 radical (unpaired) electrons. The largest absolute Gasteiger partial charge is 0.379 e. The van der Waals surface area contributed by atoms with E-state index in [2.05, 4.69) is 34.6 Å². The smallest absolute Gasteiger partial charge is 0.243 e. The minimum atomic E-state index is -3.66. The molecule has 1 N–H and O–H groups in total. The van der Waals surface area contributed by atoms with E-state index in [0.717, 1.165) is 10.1 Å².